The van der Waals surface area contributed by atoms with Gasteiger partial charge in [0.05, 0.1) is 11.3 Å². The Morgan fingerprint density at radius 2 is 1.89 bits per heavy atom. The molecule has 1 aromatic heterocycles. The van der Waals surface area contributed by atoms with Crippen molar-refractivity contribution >= 4 is 11.6 Å². The van der Waals surface area contributed by atoms with Crippen molar-refractivity contribution in [3.8, 4) is 0 Å². The van der Waals surface area contributed by atoms with Gasteiger partial charge in [0.1, 0.15) is 0 Å². The lowest BCUT2D eigenvalue weighted by atomic mass is 10.1. The van der Waals surface area contributed by atoms with Gasteiger partial charge in [0.25, 0.3) is 5.91 Å². The first-order valence-electron chi connectivity index (χ1n) is 6.13. The van der Waals surface area contributed by atoms with Gasteiger partial charge in [0.15, 0.2) is 0 Å². The number of pyridine rings is 1. The largest absolute Gasteiger partial charge is 0.272 e. The van der Waals surface area contributed by atoms with Gasteiger partial charge in [-0.15, -0.1) is 0 Å². The fourth-order valence-electron chi connectivity index (χ4n) is 1.66. The van der Waals surface area contributed by atoms with E-state index in [1.165, 1.54) is 6.20 Å². The van der Waals surface area contributed by atoms with Crippen molar-refractivity contribution in [3.05, 3.63) is 66.0 Å². The van der Waals surface area contributed by atoms with E-state index in [1.807, 2.05) is 37.3 Å². The van der Waals surface area contributed by atoms with E-state index >= 15 is 0 Å². The first-order chi connectivity index (χ1) is 9.31. The standard InChI is InChI=1S/C15H15N3O/c1-2-14(12-7-4-3-5-8-12)17-18-15(19)13-9-6-10-16-11-13/h3-11H,2H2,1H3,(H,18,19)/b17-14+. The summed E-state index contributed by atoms with van der Waals surface area (Å²) in [4.78, 5) is 15.7. The summed E-state index contributed by atoms with van der Waals surface area (Å²) in [5.74, 6) is -0.255. The molecule has 1 N–H and O–H groups in total. The smallest absolute Gasteiger partial charge is 0.267 e. The minimum atomic E-state index is -0.255. The molecule has 0 saturated carbocycles. The summed E-state index contributed by atoms with van der Waals surface area (Å²) >= 11 is 0. The lowest BCUT2D eigenvalue weighted by Gasteiger charge is -2.04. The second-order valence-corrected chi connectivity index (χ2v) is 3.96. The predicted octanol–water partition coefficient (Wildman–Crippen LogP) is 2.63. The maximum atomic E-state index is 11.8. The quantitative estimate of drug-likeness (QED) is 0.672. The number of carbonyl (C=O) groups is 1. The lowest BCUT2D eigenvalue weighted by molar-refractivity contribution is 0.0954. The SMILES string of the molecule is CC/C(=N\NC(=O)c1cccnc1)c1ccccc1. The Hall–Kier alpha value is -2.49. The van der Waals surface area contributed by atoms with E-state index in [1.54, 1.807) is 18.3 Å². The Bertz CT molecular complexity index is 564. The Labute approximate surface area is 112 Å². The van der Waals surface area contributed by atoms with Gasteiger partial charge in [-0.3, -0.25) is 9.78 Å². The van der Waals surface area contributed by atoms with Gasteiger partial charge >= 0.3 is 0 Å². The minimum Gasteiger partial charge on any atom is -0.267 e. The third-order valence-electron chi connectivity index (χ3n) is 2.66. The number of hydrogen-bond acceptors (Lipinski definition) is 3. The Balaban J connectivity index is 2.11. The van der Waals surface area contributed by atoms with E-state index in [0.717, 1.165) is 17.7 Å². The number of rotatable bonds is 4. The van der Waals surface area contributed by atoms with Crippen LogP contribution in [0.4, 0.5) is 0 Å². The van der Waals surface area contributed by atoms with Gasteiger partial charge in [0, 0.05) is 12.4 Å². The Morgan fingerprint density at radius 3 is 2.53 bits per heavy atom. The maximum Gasteiger partial charge on any atom is 0.272 e. The van der Waals surface area contributed by atoms with Crippen LogP contribution in [0.1, 0.15) is 29.3 Å². The number of benzene rings is 1. The van der Waals surface area contributed by atoms with Crippen LogP contribution in [0, 0.1) is 0 Å². The molecule has 0 aliphatic rings. The number of hydrazone groups is 1. The average Bonchev–Trinajstić information content (AvgIpc) is 2.49. The molecule has 0 atom stereocenters. The highest BCUT2D eigenvalue weighted by molar-refractivity contribution is 6.02. The number of amides is 1. The molecule has 1 aromatic carbocycles. The van der Waals surface area contributed by atoms with Crippen molar-refractivity contribution in [2.24, 2.45) is 5.10 Å². The van der Waals surface area contributed by atoms with Gasteiger partial charge in [-0.05, 0) is 24.1 Å². The summed E-state index contributed by atoms with van der Waals surface area (Å²) in [6.45, 7) is 2.00. The second kappa shape index (κ2) is 6.44. The number of nitrogens with one attached hydrogen (secondary N) is 1. The molecule has 1 amide bonds. The number of aromatic nitrogens is 1. The summed E-state index contributed by atoms with van der Waals surface area (Å²) in [6.07, 6.45) is 3.89. The molecule has 2 rings (SSSR count). The zero-order valence-corrected chi connectivity index (χ0v) is 10.7. The fourth-order valence-corrected chi connectivity index (χ4v) is 1.66. The summed E-state index contributed by atoms with van der Waals surface area (Å²) in [5, 5.41) is 4.18. The van der Waals surface area contributed by atoms with Crippen LogP contribution in [0.3, 0.4) is 0 Å². The summed E-state index contributed by atoms with van der Waals surface area (Å²) in [7, 11) is 0. The molecular formula is C15H15N3O. The van der Waals surface area contributed by atoms with Crippen LogP contribution in [0.2, 0.25) is 0 Å². The van der Waals surface area contributed by atoms with Crippen molar-refractivity contribution in [1.29, 1.82) is 0 Å². The zero-order valence-electron chi connectivity index (χ0n) is 10.7. The van der Waals surface area contributed by atoms with E-state index in [0.29, 0.717) is 5.56 Å². The van der Waals surface area contributed by atoms with Crippen LogP contribution in [0.5, 0.6) is 0 Å². The molecular weight excluding hydrogens is 238 g/mol. The Kier molecular flexibility index (Phi) is 4.39. The Morgan fingerprint density at radius 1 is 1.16 bits per heavy atom. The van der Waals surface area contributed by atoms with Crippen LogP contribution >= 0.6 is 0 Å². The molecule has 0 unspecified atom stereocenters. The third kappa shape index (κ3) is 3.48. The van der Waals surface area contributed by atoms with Crippen LogP contribution in [-0.2, 0) is 0 Å². The van der Waals surface area contributed by atoms with Gasteiger partial charge < -0.3 is 0 Å². The highest BCUT2D eigenvalue weighted by Gasteiger charge is 2.05. The maximum absolute atomic E-state index is 11.8. The highest BCUT2D eigenvalue weighted by Crippen LogP contribution is 2.04. The van der Waals surface area contributed by atoms with Gasteiger partial charge in [-0.25, -0.2) is 5.43 Å². The van der Waals surface area contributed by atoms with Gasteiger partial charge in [0.2, 0.25) is 0 Å². The minimum absolute atomic E-state index is 0.255. The molecule has 2 aromatic rings. The molecule has 1 heterocycles. The summed E-state index contributed by atoms with van der Waals surface area (Å²) in [5.41, 5.74) is 4.91. The van der Waals surface area contributed by atoms with Crippen molar-refractivity contribution in [2.75, 3.05) is 0 Å². The zero-order chi connectivity index (χ0) is 13.5. The molecule has 0 fully saturated rings. The molecule has 0 aliphatic heterocycles. The van der Waals surface area contributed by atoms with E-state index in [4.69, 9.17) is 0 Å². The van der Waals surface area contributed by atoms with Crippen LogP contribution < -0.4 is 5.43 Å². The topological polar surface area (TPSA) is 54.4 Å². The van der Waals surface area contributed by atoms with Crippen molar-refractivity contribution in [1.82, 2.24) is 10.4 Å². The molecule has 0 spiro atoms. The van der Waals surface area contributed by atoms with Crippen molar-refractivity contribution in [3.63, 3.8) is 0 Å². The average molecular weight is 253 g/mol. The lowest BCUT2D eigenvalue weighted by Crippen LogP contribution is -2.20. The molecule has 4 heteroatoms. The first kappa shape index (κ1) is 13.0. The number of carbonyl (C=O) groups excluding carboxylic acids is 1. The summed E-state index contributed by atoms with van der Waals surface area (Å²) in [6, 6.07) is 13.2. The number of nitrogens with zero attached hydrogens (tertiary/aromatic N) is 2. The molecule has 0 aliphatic carbocycles. The molecule has 0 bridgehead atoms. The molecule has 0 saturated heterocycles. The van der Waals surface area contributed by atoms with Gasteiger partial charge in [-0.1, -0.05) is 37.3 Å². The van der Waals surface area contributed by atoms with Crippen molar-refractivity contribution < 1.29 is 4.79 Å². The highest BCUT2D eigenvalue weighted by atomic mass is 16.2. The monoisotopic (exact) mass is 253 g/mol. The van der Waals surface area contributed by atoms with E-state index in [-0.39, 0.29) is 5.91 Å². The molecule has 19 heavy (non-hydrogen) atoms. The third-order valence-corrected chi connectivity index (χ3v) is 2.66. The van der Waals surface area contributed by atoms with E-state index < -0.39 is 0 Å². The van der Waals surface area contributed by atoms with Crippen molar-refractivity contribution in [2.45, 2.75) is 13.3 Å². The van der Waals surface area contributed by atoms with E-state index in [2.05, 4.69) is 15.5 Å². The number of hydrogen-bond donors (Lipinski definition) is 1. The fraction of sp³-hybridized carbons (Fsp3) is 0.133. The normalized spacial score (nSPS) is 11.1. The van der Waals surface area contributed by atoms with Crippen LogP contribution in [0.25, 0.3) is 0 Å². The molecule has 96 valence electrons. The predicted molar refractivity (Wildman–Crippen MR) is 75.0 cm³/mol. The van der Waals surface area contributed by atoms with Gasteiger partial charge in [-0.2, -0.15) is 5.10 Å². The van der Waals surface area contributed by atoms with E-state index in [9.17, 15) is 4.79 Å². The van der Waals surface area contributed by atoms with Crippen LogP contribution in [0.15, 0.2) is 60.0 Å². The first-order valence-corrected chi connectivity index (χ1v) is 6.13. The summed E-state index contributed by atoms with van der Waals surface area (Å²) < 4.78 is 0. The van der Waals surface area contributed by atoms with Crippen LogP contribution in [-0.4, -0.2) is 16.6 Å². The molecule has 0 radical (unpaired) electrons. The second-order valence-electron chi connectivity index (χ2n) is 3.96. The molecule has 4 nitrogen and oxygen atoms in total.